The van der Waals surface area contributed by atoms with Gasteiger partial charge in [0.05, 0.1) is 6.61 Å². The predicted octanol–water partition coefficient (Wildman–Crippen LogP) is 1.99. The van der Waals surface area contributed by atoms with Crippen LogP contribution in [0.2, 0.25) is 0 Å². The first-order valence-corrected chi connectivity index (χ1v) is 4.53. The summed E-state index contributed by atoms with van der Waals surface area (Å²) in [7, 11) is 0. The third-order valence-corrected chi connectivity index (χ3v) is 1.97. The fourth-order valence-electron chi connectivity index (χ4n) is 1.32. The first-order valence-electron chi connectivity index (χ1n) is 4.53. The van der Waals surface area contributed by atoms with E-state index in [2.05, 4.69) is 0 Å². The molecular weight excluding hydrogens is 166 g/mol. The summed E-state index contributed by atoms with van der Waals surface area (Å²) in [5, 5.41) is 0. The van der Waals surface area contributed by atoms with Crippen molar-refractivity contribution in [3.63, 3.8) is 0 Å². The molecule has 0 saturated heterocycles. The Kier molecular flexibility index (Phi) is 3.12. The quantitative estimate of drug-likeness (QED) is 0.668. The summed E-state index contributed by atoms with van der Waals surface area (Å²) in [5.41, 5.74) is 1.64. The molecule has 72 valence electrons. The van der Waals surface area contributed by atoms with Crippen LogP contribution in [0.3, 0.4) is 0 Å². The molecule has 0 aliphatic carbocycles. The number of hydrogen-bond acceptors (Lipinski definition) is 2. The topological polar surface area (TPSA) is 31.2 Å². The van der Waals surface area contributed by atoms with E-state index in [1.807, 2.05) is 37.6 Å². The van der Waals surface area contributed by atoms with Crippen molar-refractivity contribution >= 4 is 5.97 Å². The van der Waals surface area contributed by atoms with E-state index >= 15 is 0 Å². The molecule has 1 aromatic heterocycles. The molecule has 0 N–H and O–H groups in total. The molecule has 0 fully saturated rings. The molecule has 3 nitrogen and oxygen atoms in total. The number of rotatable bonds is 3. The molecule has 0 radical (unpaired) electrons. The minimum atomic E-state index is -0.230. The number of ether oxygens (including phenoxy) is 1. The van der Waals surface area contributed by atoms with Gasteiger partial charge in [0.15, 0.2) is 0 Å². The van der Waals surface area contributed by atoms with Gasteiger partial charge in [-0.05, 0) is 32.4 Å². The minimum Gasteiger partial charge on any atom is -0.461 e. The molecule has 1 rings (SSSR count). The number of carbonyl (C=O) groups is 1. The molecule has 0 saturated carbocycles. The second kappa shape index (κ2) is 4.12. The van der Waals surface area contributed by atoms with Crippen molar-refractivity contribution in [3.05, 3.63) is 23.5 Å². The molecule has 13 heavy (non-hydrogen) atoms. The van der Waals surface area contributed by atoms with Gasteiger partial charge in [0.25, 0.3) is 0 Å². The average Bonchev–Trinajstić information content (AvgIpc) is 2.47. The van der Waals surface area contributed by atoms with Gasteiger partial charge >= 0.3 is 5.97 Å². The van der Waals surface area contributed by atoms with Gasteiger partial charge in [0.2, 0.25) is 0 Å². The fourth-order valence-corrected chi connectivity index (χ4v) is 1.32. The zero-order chi connectivity index (χ0) is 9.84. The Morgan fingerprint density at radius 2 is 2.23 bits per heavy atom. The Hall–Kier alpha value is -1.25. The van der Waals surface area contributed by atoms with Crippen LogP contribution in [0.4, 0.5) is 0 Å². The molecule has 1 aromatic rings. The molecule has 0 aliphatic rings. The summed E-state index contributed by atoms with van der Waals surface area (Å²) in [5.74, 6) is -0.230. The maximum absolute atomic E-state index is 11.5. The van der Waals surface area contributed by atoms with Gasteiger partial charge in [0.1, 0.15) is 5.69 Å². The number of aromatic nitrogens is 1. The van der Waals surface area contributed by atoms with Gasteiger partial charge < -0.3 is 9.30 Å². The summed E-state index contributed by atoms with van der Waals surface area (Å²) in [6, 6.07) is 1.93. The normalized spacial score (nSPS) is 10.1. The highest BCUT2D eigenvalue weighted by Gasteiger charge is 2.14. The van der Waals surface area contributed by atoms with Crippen molar-refractivity contribution in [1.29, 1.82) is 0 Å². The van der Waals surface area contributed by atoms with Gasteiger partial charge in [-0.1, -0.05) is 0 Å². The first kappa shape index (κ1) is 9.84. The Labute approximate surface area is 78.3 Å². The van der Waals surface area contributed by atoms with Gasteiger partial charge in [0, 0.05) is 12.7 Å². The van der Waals surface area contributed by atoms with Crippen LogP contribution in [0.15, 0.2) is 12.3 Å². The molecule has 0 spiro atoms. The molecule has 1 heterocycles. The largest absolute Gasteiger partial charge is 0.461 e. The van der Waals surface area contributed by atoms with Crippen molar-refractivity contribution in [2.45, 2.75) is 27.3 Å². The number of nitrogens with zero attached hydrogens (tertiary/aromatic N) is 1. The highest BCUT2D eigenvalue weighted by Crippen LogP contribution is 2.11. The molecule has 0 amide bonds. The van der Waals surface area contributed by atoms with Gasteiger partial charge in [-0.3, -0.25) is 0 Å². The van der Waals surface area contributed by atoms with E-state index in [1.165, 1.54) is 0 Å². The van der Waals surface area contributed by atoms with Crippen molar-refractivity contribution in [1.82, 2.24) is 4.57 Å². The molecule has 0 unspecified atom stereocenters. The van der Waals surface area contributed by atoms with Crippen LogP contribution < -0.4 is 0 Å². The van der Waals surface area contributed by atoms with E-state index in [0.717, 1.165) is 12.1 Å². The highest BCUT2D eigenvalue weighted by atomic mass is 16.5. The highest BCUT2D eigenvalue weighted by molar-refractivity contribution is 5.89. The lowest BCUT2D eigenvalue weighted by Gasteiger charge is -2.06. The van der Waals surface area contributed by atoms with E-state index < -0.39 is 0 Å². The summed E-state index contributed by atoms with van der Waals surface area (Å²) in [6.45, 7) is 6.95. The first-order chi connectivity index (χ1) is 6.20. The van der Waals surface area contributed by atoms with Crippen molar-refractivity contribution in [2.24, 2.45) is 0 Å². The van der Waals surface area contributed by atoms with Crippen LogP contribution in [0.5, 0.6) is 0 Å². The van der Waals surface area contributed by atoms with Crippen molar-refractivity contribution < 1.29 is 9.53 Å². The van der Waals surface area contributed by atoms with Crippen LogP contribution in [-0.2, 0) is 11.3 Å². The van der Waals surface area contributed by atoms with Crippen LogP contribution in [0.25, 0.3) is 0 Å². The van der Waals surface area contributed by atoms with Gasteiger partial charge in [-0.25, -0.2) is 4.79 Å². The Bertz CT molecular complexity index is 302. The fraction of sp³-hybridized carbons (Fsp3) is 0.500. The molecule has 0 bridgehead atoms. The van der Waals surface area contributed by atoms with Gasteiger partial charge in [-0.2, -0.15) is 0 Å². The standard InChI is InChI=1S/C10H15NO2/c1-4-11-7-6-8(3)9(11)10(12)13-5-2/h6-7H,4-5H2,1-3H3. The number of aryl methyl sites for hydroxylation is 2. The van der Waals surface area contributed by atoms with Crippen LogP contribution in [-0.4, -0.2) is 17.1 Å². The van der Waals surface area contributed by atoms with Gasteiger partial charge in [-0.15, -0.1) is 0 Å². The maximum Gasteiger partial charge on any atom is 0.355 e. The zero-order valence-electron chi connectivity index (χ0n) is 8.33. The van der Waals surface area contributed by atoms with E-state index in [4.69, 9.17) is 4.74 Å². The maximum atomic E-state index is 11.5. The Morgan fingerprint density at radius 1 is 1.54 bits per heavy atom. The predicted molar refractivity (Wildman–Crippen MR) is 50.8 cm³/mol. The summed E-state index contributed by atoms with van der Waals surface area (Å²) in [6.07, 6.45) is 1.90. The second-order valence-electron chi connectivity index (χ2n) is 2.85. The number of carbonyl (C=O) groups excluding carboxylic acids is 1. The third kappa shape index (κ3) is 1.91. The summed E-state index contributed by atoms with van der Waals surface area (Å²) >= 11 is 0. The Morgan fingerprint density at radius 3 is 2.77 bits per heavy atom. The van der Waals surface area contributed by atoms with E-state index in [1.54, 1.807) is 0 Å². The molecule has 0 aromatic carbocycles. The smallest absolute Gasteiger partial charge is 0.355 e. The zero-order valence-corrected chi connectivity index (χ0v) is 8.33. The monoisotopic (exact) mass is 181 g/mol. The van der Waals surface area contributed by atoms with E-state index in [0.29, 0.717) is 12.3 Å². The minimum absolute atomic E-state index is 0.230. The summed E-state index contributed by atoms with van der Waals surface area (Å²) < 4.78 is 6.85. The molecule has 3 heteroatoms. The average molecular weight is 181 g/mol. The summed E-state index contributed by atoms with van der Waals surface area (Å²) in [4.78, 5) is 11.5. The number of esters is 1. The van der Waals surface area contributed by atoms with Crippen LogP contribution in [0.1, 0.15) is 29.9 Å². The van der Waals surface area contributed by atoms with Crippen LogP contribution >= 0.6 is 0 Å². The number of hydrogen-bond donors (Lipinski definition) is 0. The lowest BCUT2D eigenvalue weighted by Crippen LogP contribution is -2.12. The molecule has 0 aliphatic heterocycles. The Balaban J connectivity index is 2.96. The van der Waals surface area contributed by atoms with Crippen molar-refractivity contribution in [3.8, 4) is 0 Å². The van der Waals surface area contributed by atoms with Crippen LogP contribution in [0, 0.1) is 6.92 Å². The molecule has 0 atom stereocenters. The SMILES string of the molecule is CCOC(=O)c1c(C)ccn1CC. The lowest BCUT2D eigenvalue weighted by atomic mass is 10.3. The second-order valence-corrected chi connectivity index (χ2v) is 2.85. The van der Waals surface area contributed by atoms with E-state index in [9.17, 15) is 4.79 Å². The van der Waals surface area contributed by atoms with Crippen molar-refractivity contribution in [2.75, 3.05) is 6.61 Å². The third-order valence-electron chi connectivity index (χ3n) is 1.97. The lowest BCUT2D eigenvalue weighted by molar-refractivity contribution is 0.0513. The van der Waals surface area contributed by atoms with E-state index in [-0.39, 0.29) is 5.97 Å². The molecular formula is C10H15NO2.